The maximum Gasteiger partial charge on any atom is 0.136 e. The van der Waals surface area contributed by atoms with Crippen LogP contribution >= 0.6 is 0 Å². The highest BCUT2D eigenvalue weighted by molar-refractivity contribution is 6.89. The topological polar surface area (TPSA) is 0 Å². The van der Waals surface area contributed by atoms with Gasteiger partial charge in [0, 0.05) is 5.04 Å². The molecule has 0 fully saturated rings. The van der Waals surface area contributed by atoms with E-state index in [1.54, 1.807) is 0 Å². The Kier molecular flexibility index (Phi) is 5.90. The second-order valence-corrected chi connectivity index (χ2v) is 13.2. The lowest BCUT2D eigenvalue weighted by Crippen LogP contribution is -2.51. The van der Waals surface area contributed by atoms with Crippen molar-refractivity contribution >= 4 is 24.7 Å². The first-order chi connectivity index (χ1) is 15.2. The molecule has 0 saturated carbocycles. The molecule has 1 radical (unpaired) electrons. The van der Waals surface area contributed by atoms with Gasteiger partial charge in [-0.3, -0.25) is 0 Å². The normalized spacial score (nSPS) is 19.2. The number of rotatable bonds is 4. The maximum atomic E-state index is 2.51. The summed E-state index contributed by atoms with van der Waals surface area (Å²) >= 11 is 0. The molecule has 0 amide bonds. The zero-order chi connectivity index (χ0) is 23.1. The van der Waals surface area contributed by atoms with E-state index in [4.69, 9.17) is 0 Å². The number of hydrogen-bond acceptors (Lipinski definition) is 0. The third-order valence-corrected chi connectivity index (χ3v) is 10.8. The fraction of sp³-hybridized carbons (Fsp3) is 0.290. The molecule has 1 heteroatoms. The first-order valence-corrected chi connectivity index (χ1v) is 13.1. The molecular formula is C31H35Si. The lowest BCUT2D eigenvalue weighted by atomic mass is 9.83. The minimum Gasteiger partial charge on any atom is -0.0628 e. The van der Waals surface area contributed by atoms with Crippen LogP contribution in [0.3, 0.4) is 0 Å². The standard InChI is InChI=1S/C31H35Si/c1-22-23(2)29(25-15-14-16-26(21-25)30(4,5)6)31(7,24(22)3)32(27-17-10-8-11-18-27)28-19-12-9-13-20-28/h8-21H,1-7H3. The fourth-order valence-corrected chi connectivity index (χ4v) is 9.00. The Balaban J connectivity index is 1.99. The van der Waals surface area contributed by atoms with Crippen molar-refractivity contribution in [2.24, 2.45) is 0 Å². The van der Waals surface area contributed by atoms with Gasteiger partial charge in [-0.15, -0.1) is 0 Å². The second-order valence-electron chi connectivity index (χ2n) is 10.3. The van der Waals surface area contributed by atoms with Gasteiger partial charge in [0.05, 0.1) is 0 Å². The van der Waals surface area contributed by atoms with Crippen LogP contribution in [0.2, 0.25) is 5.04 Å². The summed E-state index contributed by atoms with van der Waals surface area (Å²) in [5.74, 6) is 0. The SMILES string of the molecule is CC1=C(C)C(C)([Si](c2ccccc2)c2ccccc2)C(c2cccc(C(C)(C)C)c2)=C1C. The van der Waals surface area contributed by atoms with Gasteiger partial charge in [0.25, 0.3) is 0 Å². The van der Waals surface area contributed by atoms with Crippen molar-refractivity contribution in [3.8, 4) is 0 Å². The summed E-state index contributed by atoms with van der Waals surface area (Å²) in [6.07, 6.45) is 0. The van der Waals surface area contributed by atoms with Crippen molar-refractivity contribution in [2.75, 3.05) is 0 Å². The van der Waals surface area contributed by atoms with Crippen molar-refractivity contribution in [2.45, 2.75) is 58.9 Å². The molecule has 1 aliphatic rings. The van der Waals surface area contributed by atoms with Gasteiger partial charge >= 0.3 is 0 Å². The quantitative estimate of drug-likeness (QED) is 0.381. The summed E-state index contributed by atoms with van der Waals surface area (Å²) in [4.78, 5) is 0. The Bertz CT molecular complexity index is 1140. The Labute approximate surface area is 196 Å². The molecule has 3 aromatic rings. The Morgan fingerprint density at radius 1 is 0.656 bits per heavy atom. The Morgan fingerprint density at radius 3 is 1.69 bits per heavy atom. The van der Waals surface area contributed by atoms with E-state index in [9.17, 15) is 0 Å². The van der Waals surface area contributed by atoms with Crippen LogP contribution in [0, 0.1) is 0 Å². The van der Waals surface area contributed by atoms with Crippen molar-refractivity contribution in [3.05, 3.63) is 113 Å². The van der Waals surface area contributed by atoms with Crippen molar-refractivity contribution in [3.63, 3.8) is 0 Å². The predicted octanol–water partition coefficient (Wildman–Crippen LogP) is 7.18. The zero-order valence-corrected chi connectivity index (χ0v) is 21.6. The second kappa shape index (κ2) is 8.37. The predicted molar refractivity (Wildman–Crippen MR) is 142 cm³/mol. The minimum absolute atomic E-state index is 0.0297. The lowest BCUT2D eigenvalue weighted by molar-refractivity contribution is 0.590. The average Bonchev–Trinajstić information content (AvgIpc) is 2.95. The third-order valence-electron chi connectivity index (χ3n) is 7.39. The first kappa shape index (κ1) is 22.5. The van der Waals surface area contributed by atoms with Crippen LogP contribution in [-0.4, -0.2) is 8.80 Å². The molecule has 0 aliphatic heterocycles. The Morgan fingerprint density at radius 2 is 1.19 bits per heavy atom. The lowest BCUT2D eigenvalue weighted by Gasteiger charge is -2.39. The van der Waals surface area contributed by atoms with Crippen LogP contribution in [-0.2, 0) is 5.41 Å². The molecule has 0 N–H and O–H groups in total. The van der Waals surface area contributed by atoms with Gasteiger partial charge in [-0.05, 0) is 54.0 Å². The van der Waals surface area contributed by atoms with Crippen LogP contribution in [0.15, 0.2) is 102 Å². The molecule has 163 valence electrons. The van der Waals surface area contributed by atoms with E-state index in [1.165, 1.54) is 43.8 Å². The average molecular weight is 436 g/mol. The van der Waals surface area contributed by atoms with E-state index in [-0.39, 0.29) is 10.5 Å². The van der Waals surface area contributed by atoms with E-state index in [1.807, 2.05) is 0 Å². The molecule has 32 heavy (non-hydrogen) atoms. The van der Waals surface area contributed by atoms with Crippen molar-refractivity contribution in [1.82, 2.24) is 0 Å². The van der Waals surface area contributed by atoms with Crippen molar-refractivity contribution in [1.29, 1.82) is 0 Å². The van der Waals surface area contributed by atoms with Gasteiger partial charge in [0.1, 0.15) is 8.80 Å². The van der Waals surface area contributed by atoms with Gasteiger partial charge in [-0.2, -0.15) is 0 Å². The molecule has 0 nitrogen and oxygen atoms in total. The molecular weight excluding hydrogens is 400 g/mol. The van der Waals surface area contributed by atoms with E-state index in [2.05, 4.69) is 133 Å². The third kappa shape index (κ3) is 3.73. The molecule has 0 heterocycles. The number of hydrogen-bond donors (Lipinski definition) is 0. The van der Waals surface area contributed by atoms with Gasteiger partial charge in [-0.25, -0.2) is 0 Å². The number of benzene rings is 3. The van der Waals surface area contributed by atoms with Gasteiger partial charge in [0.2, 0.25) is 0 Å². The van der Waals surface area contributed by atoms with Crippen LogP contribution in [0.25, 0.3) is 5.57 Å². The Hall–Kier alpha value is -2.64. The van der Waals surface area contributed by atoms with Gasteiger partial charge in [0.15, 0.2) is 0 Å². The molecule has 0 aromatic heterocycles. The molecule has 3 aromatic carbocycles. The largest absolute Gasteiger partial charge is 0.136 e. The van der Waals surface area contributed by atoms with Crippen molar-refractivity contribution < 1.29 is 0 Å². The van der Waals surface area contributed by atoms with Crippen LogP contribution in [0.1, 0.15) is 59.6 Å². The first-order valence-electron chi connectivity index (χ1n) is 11.6. The summed E-state index contributed by atoms with van der Waals surface area (Å²) in [6.45, 7) is 16.4. The zero-order valence-electron chi connectivity index (χ0n) is 20.6. The highest BCUT2D eigenvalue weighted by Crippen LogP contribution is 2.58. The summed E-state index contributed by atoms with van der Waals surface area (Å²) in [5.41, 5.74) is 8.84. The molecule has 0 bridgehead atoms. The van der Waals surface area contributed by atoms with Crippen LogP contribution in [0.5, 0.6) is 0 Å². The summed E-state index contributed by atoms with van der Waals surface area (Å²) in [5, 5.41) is 2.91. The highest BCUT2D eigenvalue weighted by atomic mass is 28.3. The van der Waals surface area contributed by atoms with E-state index in [0.717, 1.165) is 0 Å². The van der Waals surface area contributed by atoms with Crippen LogP contribution in [0.4, 0.5) is 0 Å². The van der Waals surface area contributed by atoms with Gasteiger partial charge < -0.3 is 0 Å². The molecule has 1 atom stereocenters. The smallest absolute Gasteiger partial charge is 0.0628 e. The van der Waals surface area contributed by atoms with E-state index < -0.39 is 8.80 Å². The summed E-state index contributed by atoms with van der Waals surface area (Å²) in [7, 11) is -1.15. The molecule has 0 spiro atoms. The minimum atomic E-state index is -1.15. The summed E-state index contributed by atoms with van der Waals surface area (Å²) in [6, 6.07) is 31.7. The van der Waals surface area contributed by atoms with E-state index in [0.29, 0.717) is 0 Å². The molecule has 4 rings (SSSR count). The van der Waals surface area contributed by atoms with Gasteiger partial charge in [-0.1, -0.05) is 129 Å². The van der Waals surface area contributed by atoms with Crippen LogP contribution < -0.4 is 10.4 Å². The molecule has 1 unspecified atom stereocenters. The molecule has 1 aliphatic carbocycles. The number of allylic oxidation sites excluding steroid dienone is 4. The fourth-order valence-electron chi connectivity index (χ4n) is 5.32. The monoisotopic (exact) mass is 435 g/mol. The molecule has 0 saturated heterocycles. The highest BCUT2D eigenvalue weighted by Gasteiger charge is 2.47. The van der Waals surface area contributed by atoms with E-state index >= 15 is 0 Å². The maximum absolute atomic E-state index is 2.51. The summed E-state index contributed by atoms with van der Waals surface area (Å²) < 4.78 is 0.